The Bertz CT molecular complexity index is 677. The molecule has 3 rings (SSSR count). The summed E-state index contributed by atoms with van der Waals surface area (Å²) in [6.45, 7) is 1.90. The van der Waals surface area contributed by atoms with Gasteiger partial charge in [0.1, 0.15) is 0 Å². The van der Waals surface area contributed by atoms with E-state index in [1.807, 2.05) is 12.4 Å². The maximum atomic E-state index is 4.03. The van der Waals surface area contributed by atoms with Gasteiger partial charge in [0.15, 0.2) is 0 Å². The van der Waals surface area contributed by atoms with Crippen LogP contribution in [0.25, 0.3) is 10.8 Å². The SMILES string of the molecule is c1ccc2cc(CNCCc3ccncc3)ccc2c1. The molecule has 0 saturated heterocycles. The Morgan fingerprint density at radius 2 is 1.60 bits per heavy atom. The quantitative estimate of drug-likeness (QED) is 0.711. The molecule has 2 heteroatoms. The molecule has 0 bridgehead atoms. The molecule has 0 amide bonds. The Labute approximate surface area is 119 Å². The van der Waals surface area contributed by atoms with Crippen molar-refractivity contribution in [1.29, 1.82) is 0 Å². The highest BCUT2D eigenvalue weighted by Gasteiger charge is 1.96. The Morgan fingerprint density at radius 1 is 0.800 bits per heavy atom. The number of rotatable bonds is 5. The standard InChI is InChI=1S/C18H18N2/c1-2-4-18-13-16(5-6-17(18)3-1)14-20-12-9-15-7-10-19-11-8-15/h1-8,10-11,13,20H,9,12,14H2. The molecule has 0 radical (unpaired) electrons. The van der Waals surface area contributed by atoms with E-state index in [1.54, 1.807) is 0 Å². The van der Waals surface area contributed by atoms with E-state index in [4.69, 9.17) is 0 Å². The van der Waals surface area contributed by atoms with Gasteiger partial charge >= 0.3 is 0 Å². The van der Waals surface area contributed by atoms with Crippen LogP contribution in [-0.2, 0) is 13.0 Å². The van der Waals surface area contributed by atoms with Crippen LogP contribution in [0.4, 0.5) is 0 Å². The minimum absolute atomic E-state index is 0.913. The van der Waals surface area contributed by atoms with Gasteiger partial charge in [0.05, 0.1) is 0 Å². The first-order chi connectivity index (χ1) is 9.92. The molecule has 2 aromatic carbocycles. The lowest BCUT2D eigenvalue weighted by molar-refractivity contribution is 0.687. The van der Waals surface area contributed by atoms with Crippen LogP contribution in [0.2, 0.25) is 0 Å². The van der Waals surface area contributed by atoms with Gasteiger partial charge in [-0.2, -0.15) is 0 Å². The van der Waals surface area contributed by atoms with E-state index in [0.29, 0.717) is 0 Å². The van der Waals surface area contributed by atoms with Crippen molar-refractivity contribution < 1.29 is 0 Å². The van der Waals surface area contributed by atoms with Gasteiger partial charge in [-0.05, 0) is 53.1 Å². The van der Waals surface area contributed by atoms with Crippen LogP contribution in [0.1, 0.15) is 11.1 Å². The largest absolute Gasteiger partial charge is 0.312 e. The number of nitrogens with zero attached hydrogens (tertiary/aromatic N) is 1. The first-order valence-corrected chi connectivity index (χ1v) is 6.99. The van der Waals surface area contributed by atoms with Crippen molar-refractivity contribution >= 4 is 10.8 Å². The summed E-state index contributed by atoms with van der Waals surface area (Å²) < 4.78 is 0. The van der Waals surface area contributed by atoms with Crippen molar-refractivity contribution in [3.8, 4) is 0 Å². The first kappa shape index (κ1) is 12.8. The molecule has 20 heavy (non-hydrogen) atoms. The normalized spacial score (nSPS) is 10.8. The highest BCUT2D eigenvalue weighted by atomic mass is 14.8. The van der Waals surface area contributed by atoms with Crippen LogP contribution in [0.15, 0.2) is 67.0 Å². The first-order valence-electron chi connectivity index (χ1n) is 6.99. The Kier molecular flexibility index (Phi) is 4.04. The molecule has 0 atom stereocenters. The molecule has 0 saturated carbocycles. The van der Waals surface area contributed by atoms with Gasteiger partial charge < -0.3 is 5.32 Å². The second-order valence-electron chi connectivity index (χ2n) is 4.96. The number of hydrogen-bond donors (Lipinski definition) is 1. The summed E-state index contributed by atoms with van der Waals surface area (Å²) in [5.74, 6) is 0. The van der Waals surface area contributed by atoms with E-state index in [0.717, 1.165) is 19.5 Å². The predicted molar refractivity (Wildman–Crippen MR) is 83.6 cm³/mol. The minimum atomic E-state index is 0.913. The molecule has 0 aliphatic rings. The van der Waals surface area contributed by atoms with Gasteiger partial charge in [-0.15, -0.1) is 0 Å². The highest BCUT2D eigenvalue weighted by molar-refractivity contribution is 5.82. The average molecular weight is 262 g/mol. The van der Waals surface area contributed by atoms with Gasteiger partial charge in [-0.25, -0.2) is 0 Å². The lowest BCUT2D eigenvalue weighted by Gasteiger charge is -2.06. The zero-order valence-electron chi connectivity index (χ0n) is 11.4. The summed E-state index contributed by atoms with van der Waals surface area (Å²) >= 11 is 0. The fourth-order valence-electron chi connectivity index (χ4n) is 2.36. The van der Waals surface area contributed by atoms with E-state index in [-0.39, 0.29) is 0 Å². The summed E-state index contributed by atoms with van der Waals surface area (Å²) in [7, 11) is 0. The molecule has 1 N–H and O–H groups in total. The molecule has 0 fully saturated rings. The third kappa shape index (κ3) is 3.22. The van der Waals surface area contributed by atoms with Gasteiger partial charge in [-0.1, -0.05) is 36.4 Å². The topological polar surface area (TPSA) is 24.9 Å². The Balaban J connectivity index is 1.55. The number of fused-ring (bicyclic) bond motifs is 1. The fourth-order valence-corrected chi connectivity index (χ4v) is 2.36. The summed E-state index contributed by atoms with van der Waals surface area (Å²) in [4.78, 5) is 4.03. The second kappa shape index (κ2) is 6.31. The zero-order chi connectivity index (χ0) is 13.6. The van der Waals surface area contributed by atoms with Crippen LogP contribution >= 0.6 is 0 Å². The van der Waals surface area contributed by atoms with Gasteiger partial charge in [-0.3, -0.25) is 4.98 Å². The lowest BCUT2D eigenvalue weighted by atomic mass is 10.1. The van der Waals surface area contributed by atoms with Crippen LogP contribution in [0.3, 0.4) is 0 Å². The summed E-state index contributed by atoms with van der Waals surface area (Å²) in [5, 5.41) is 6.10. The van der Waals surface area contributed by atoms with Gasteiger partial charge in [0.25, 0.3) is 0 Å². The zero-order valence-corrected chi connectivity index (χ0v) is 11.4. The van der Waals surface area contributed by atoms with Crippen molar-refractivity contribution in [3.05, 3.63) is 78.1 Å². The summed E-state index contributed by atoms with van der Waals surface area (Å²) in [6.07, 6.45) is 4.73. The van der Waals surface area contributed by atoms with Crippen LogP contribution < -0.4 is 5.32 Å². The number of aromatic nitrogens is 1. The molecular weight excluding hydrogens is 244 g/mol. The van der Waals surface area contributed by atoms with Crippen molar-refractivity contribution in [3.63, 3.8) is 0 Å². The number of nitrogens with one attached hydrogen (secondary N) is 1. The molecule has 0 unspecified atom stereocenters. The number of benzene rings is 2. The third-order valence-electron chi connectivity index (χ3n) is 3.48. The molecule has 100 valence electrons. The van der Waals surface area contributed by atoms with E-state index >= 15 is 0 Å². The van der Waals surface area contributed by atoms with Gasteiger partial charge in [0, 0.05) is 18.9 Å². The van der Waals surface area contributed by atoms with E-state index < -0.39 is 0 Å². The smallest absolute Gasteiger partial charge is 0.0270 e. The number of pyridine rings is 1. The molecule has 2 nitrogen and oxygen atoms in total. The molecule has 1 heterocycles. The third-order valence-corrected chi connectivity index (χ3v) is 3.48. The van der Waals surface area contributed by atoms with Crippen molar-refractivity contribution in [2.75, 3.05) is 6.54 Å². The average Bonchev–Trinajstić information content (AvgIpc) is 2.52. The predicted octanol–water partition coefficient (Wildman–Crippen LogP) is 3.57. The Morgan fingerprint density at radius 3 is 2.45 bits per heavy atom. The van der Waals surface area contributed by atoms with Crippen LogP contribution in [-0.4, -0.2) is 11.5 Å². The van der Waals surface area contributed by atoms with Crippen LogP contribution in [0, 0.1) is 0 Å². The van der Waals surface area contributed by atoms with Crippen LogP contribution in [0.5, 0.6) is 0 Å². The van der Waals surface area contributed by atoms with E-state index in [1.165, 1.54) is 21.9 Å². The molecule has 0 aliphatic carbocycles. The van der Waals surface area contributed by atoms with Gasteiger partial charge in [0.2, 0.25) is 0 Å². The maximum Gasteiger partial charge on any atom is 0.0270 e. The van der Waals surface area contributed by atoms with Crippen molar-refractivity contribution in [1.82, 2.24) is 10.3 Å². The molecule has 0 spiro atoms. The van der Waals surface area contributed by atoms with Crippen molar-refractivity contribution in [2.45, 2.75) is 13.0 Å². The Hall–Kier alpha value is -2.19. The number of hydrogen-bond acceptors (Lipinski definition) is 2. The monoisotopic (exact) mass is 262 g/mol. The van der Waals surface area contributed by atoms with Crippen molar-refractivity contribution in [2.24, 2.45) is 0 Å². The summed E-state index contributed by atoms with van der Waals surface area (Å²) in [6, 6.07) is 19.3. The maximum absolute atomic E-state index is 4.03. The molecule has 3 aromatic rings. The van der Waals surface area contributed by atoms with E-state index in [9.17, 15) is 0 Å². The lowest BCUT2D eigenvalue weighted by Crippen LogP contribution is -2.16. The molecule has 0 aliphatic heterocycles. The fraction of sp³-hybridized carbons (Fsp3) is 0.167. The highest BCUT2D eigenvalue weighted by Crippen LogP contribution is 2.15. The van der Waals surface area contributed by atoms with E-state index in [2.05, 4.69) is 64.9 Å². The second-order valence-corrected chi connectivity index (χ2v) is 4.96. The molecular formula is C18H18N2. The minimum Gasteiger partial charge on any atom is -0.312 e. The molecule has 1 aromatic heterocycles. The summed E-state index contributed by atoms with van der Waals surface area (Å²) in [5.41, 5.74) is 2.66.